The number of ketones is 1. The molecular formula is C26H22ClNO5. The quantitative estimate of drug-likeness (QED) is 0.316. The van der Waals surface area contributed by atoms with Crippen LogP contribution in [0.1, 0.15) is 22.7 Å². The first kappa shape index (κ1) is 22.4. The van der Waals surface area contributed by atoms with Crippen LogP contribution in [0.4, 0.5) is 5.69 Å². The molecule has 0 saturated carbocycles. The number of carbonyl (C=O) groups excluding carboxylic acids is 2. The molecule has 1 heterocycles. The van der Waals surface area contributed by atoms with Crippen molar-refractivity contribution >= 4 is 34.7 Å². The van der Waals surface area contributed by atoms with Crippen LogP contribution in [-0.4, -0.2) is 31.0 Å². The second kappa shape index (κ2) is 9.00. The van der Waals surface area contributed by atoms with Crippen molar-refractivity contribution in [1.29, 1.82) is 0 Å². The van der Waals surface area contributed by atoms with E-state index in [4.69, 9.17) is 21.1 Å². The lowest BCUT2D eigenvalue weighted by Gasteiger charge is -2.27. The zero-order valence-corrected chi connectivity index (χ0v) is 19.1. The number of methoxy groups -OCH3 is 2. The Bertz CT molecular complexity index is 1280. The van der Waals surface area contributed by atoms with Gasteiger partial charge in [0.1, 0.15) is 17.3 Å². The minimum absolute atomic E-state index is 0.0443. The Balaban J connectivity index is 2.01. The molecule has 168 valence electrons. The fraction of sp³-hybridized carbons (Fsp3) is 0.154. The van der Waals surface area contributed by atoms with Crippen LogP contribution in [0, 0.1) is 6.92 Å². The number of para-hydroxylation sites is 2. The molecule has 3 aromatic rings. The van der Waals surface area contributed by atoms with Crippen molar-refractivity contribution in [3.63, 3.8) is 0 Å². The maximum absolute atomic E-state index is 13.3. The van der Waals surface area contributed by atoms with Crippen LogP contribution in [-0.2, 0) is 9.59 Å². The molecule has 7 heteroatoms. The van der Waals surface area contributed by atoms with Crippen LogP contribution in [0.15, 0.2) is 72.3 Å². The van der Waals surface area contributed by atoms with Crippen molar-refractivity contribution in [2.45, 2.75) is 13.0 Å². The average Bonchev–Trinajstić information content (AvgIpc) is 3.09. The Morgan fingerprint density at radius 3 is 2.30 bits per heavy atom. The van der Waals surface area contributed by atoms with Gasteiger partial charge in [0.2, 0.25) is 0 Å². The van der Waals surface area contributed by atoms with Crippen molar-refractivity contribution in [2.75, 3.05) is 19.1 Å². The molecule has 1 saturated heterocycles. The lowest BCUT2D eigenvalue weighted by Crippen LogP contribution is -2.30. The molecule has 0 radical (unpaired) electrons. The Morgan fingerprint density at radius 2 is 1.61 bits per heavy atom. The molecule has 4 rings (SSSR count). The second-order valence-electron chi connectivity index (χ2n) is 7.55. The molecule has 0 aromatic heterocycles. The van der Waals surface area contributed by atoms with Crippen LogP contribution in [0.5, 0.6) is 11.5 Å². The van der Waals surface area contributed by atoms with E-state index in [1.807, 2.05) is 19.1 Å². The third-order valence-electron chi connectivity index (χ3n) is 5.68. The maximum atomic E-state index is 13.3. The zero-order chi connectivity index (χ0) is 23.7. The molecule has 0 aliphatic carbocycles. The van der Waals surface area contributed by atoms with Gasteiger partial charge in [0, 0.05) is 16.8 Å². The summed E-state index contributed by atoms with van der Waals surface area (Å²) in [5.41, 5.74) is 2.22. The molecule has 1 N–H and O–H groups in total. The van der Waals surface area contributed by atoms with Crippen molar-refractivity contribution < 1.29 is 24.2 Å². The lowest BCUT2D eigenvalue weighted by atomic mass is 9.94. The van der Waals surface area contributed by atoms with Gasteiger partial charge in [0.15, 0.2) is 0 Å². The highest BCUT2D eigenvalue weighted by molar-refractivity contribution is 6.51. The molecule has 0 spiro atoms. The highest BCUT2D eigenvalue weighted by atomic mass is 35.5. The van der Waals surface area contributed by atoms with Crippen LogP contribution in [0.25, 0.3) is 5.76 Å². The van der Waals surface area contributed by atoms with E-state index in [1.165, 1.54) is 25.2 Å². The summed E-state index contributed by atoms with van der Waals surface area (Å²) in [4.78, 5) is 28.0. The first-order valence-electron chi connectivity index (χ1n) is 10.2. The summed E-state index contributed by atoms with van der Waals surface area (Å²) in [7, 11) is 2.97. The Morgan fingerprint density at radius 1 is 0.939 bits per heavy atom. The van der Waals surface area contributed by atoms with Gasteiger partial charge in [-0.15, -0.1) is 0 Å². The van der Waals surface area contributed by atoms with E-state index < -0.39 is 17.7 Å². The number of hydrogen-bond acceptors (Lipinski definition) is 5. The van der Waals surface area contributed by atoms with E-state index in [-0.39, 0.29) is 11.3 Å². The van der Waals surface area contributed by atoms with Crippen molar-refractivity contribution in [3.05, 3.63) is 94.0 Å². The number of anilines is 1. The first-order valence-corrected chi connectivity index (χ1v) is 10.6. The van der Waals surface area contributed by atoms with E-state index in [2.05, 4.69) is 0 Å². The first-order chi connectivity index (χ1) is 15.9. The number of nitrogens with zero attached hydrogens (tertiary/aromatic N) is 1. The lowest BCUT2D eigenvalue weighted by molar-refractivity contribution is -0.132. The van der Waals surface area contributed by atoms with Crippen LogP contribution < -0.4 is 14.4 Å². The minimum Gasteiger partial charge on any atom is -0.507 e. The number of Topliss-reactive ketones (excluding diaryl/α,β-unsaturated/α-hetero) is 1. The second-order valence-corrected chi connectivity index (χ2v) is 7.95. The van der Waals surface area contributed by atoms with Crippen LogP contribution >= 0.6 is 11.6 Å². The Hall–Kier alpha value is -3.77. The average molecular weight is 464 g/mol. The summed E-state index contributed by atoms with van der Waals surface area (Å²) in [5, 5.41) is 11.6. The number of halogens is 1. The Labute approximate surface area is 196 Å². The third-order valence-corrected chi connectivity index (χ3v) is 5.99. The summed E-state index contributed by atoms with van der Waals surface area (Å²) in [6.07, 6.45) is 0. The molecule has 1 amide bonds. The fourth-order valence-electron chi connectivity index (χ4n) is 4.06. The summed E-state index contributed by atoms with van der Waals surface area (Å²) >= 11 is 6.13. The largest absolute Gasteiger partial charge is 0.507 e. The molecule has 1 aliphatic heterocycles. The van der Waals surface area contributed by atoms with E-state index in [9.17, 15) is 14.7 Å². The number of benzene rings is 3. The van der Waals surface area contributed by atoms with Crippen LogP contribution in [0.3, 0.4) is 0 Å². The Kier molecular flexibility index (Phi) is 6.11. The van der Waals surface area contributed by atoms with Crippen molar-refractivity contribution in [2.24, 2.45) is 0 Å². The van der Waals surface area contributed by atoms with Gasteiger partial charge < -0.3 is 14.6 Å². The fourth-order valence-corrected chi connectivity index (χ4v) is 4.26. The molecule has 3 aromatic carbocycles. The number of amides is 1. The van der Waals surface area contributed by atoms with Gasteiger partial charge in [-0.25, -0.2) is 0 Å². The molecule has 1 unspecified atom stereocenters. The smallest absolute Gasteiger partial charge is 0.300 e. The maximum Gasteiger partial charge on any atom is 0.300 e. The molecule has 1 atom stereocenters. The van der Waals surface area contributed by atoms with Crippen molar-refractivity contribution in [1.82, 2.24) is 0 Å². The summed E-state index contributed by atoms with van der Waals surface area (Å²) in [6.45, 7) is 1.86. The molecule has 1 aliphatic rings. The van der Waals surface area contributed by atoms with Gasteiger partial charge in [-0.3, -0.25) is 14.5 Å². The highest BCUT2D eigenvalue weighted by Crippen LogP contribution is 2.45. The number of ether oxygens (including phenoxy) is 2. The molecule has 1 fully saturated rings. The predicted octanol–water partition coefficient (Wildman–Crippen LogP) is 5.29. The van der Waals surface area contributed by atoms with Gasteiger partial charge in [-0.1, -0.05) is 48.0 Å². The van der Waals surface area contributed by atoms with Gasteiger partial charge in [-0.2, -0.15) is 0 Å². The van der Waals surface area contributed by atoms with E-state index in [0.29, 0.717) is 33.3 Å². The van der Waals surface area contributed by atoms with E-state index in [1.54, 1.807) is 48.5 Å². The van der Waals surface area contributed by atoms with Gasteiger partial charge in [-0.05, 0) is 42.8 Å². The molecule has 0 bridgehead atoms. The van der Waals surface area contributed by atoms with Crippen LogP contribution in [0.2, 0.25) is 5.02 Å². The molecule has 6 nitrogen and oxygen atoms in total. The number of aliphatic hydroxyl groups excluding tert-OH is 1. The number of carbonyl (C=O) groups is 2. The summed E-state index contributed by atoms with van der Waals surface area (Å²) in [5.74, 6) is -1.02. The summed E-state index contributed by atoms with van der Waals surface area (Å²) < 4.78 is 10.8. The number of aliphatic hydroxyl groups is 1. The van der Waals surface area contributed by atoms with E-state index >= 15 is 0 Å². The van der Waals surface area contributed by atoms with Crippen molar-refractivity contribution in [3.8, 4) is 11.5 Å². The third kappa shape index (κ3) is 3.83. The normalized spacial score (nSPS) is 17.3. The van der Waals surface area contributed by atoms with Gasteiger partial charge in [0.25, 0.3) is 11.7 Å². The summed E-state index contributed by atoms with van der Waals surface area (Å²) in [6, 6.07) is 18.2. The van der Waals surface area contributed by atoms with E-state index in [0.717, 1.165) is 5.56 Å². The number of rotatable bonds is 5. The minimum atomic E-state index is -0.899. The molecule has 33 heavy (non-hydrogen) atoms. The highest BCUT2D eigenvalue weighted by Gasteiger charge is 2.48. The monoisotopic (exact) mass is 463 g/mol. The standard InChI is InChI=1S/C26H22ClNO5/c1-15-8-4-6-10-19(15)28-23(17-9-5-7-11-20(17)32-2)22(25(30)26(28)31)24(29)16-12-13-18(27)21(14-16)33-3/h4-14,23,29H,1-3H3/b24-22+. The topological polar surface area (TPSA) is 76.1 Å². The molecular weight excluding hydrogens is 442 g/mol. The number of aryl methyl sites for hydroxylation is 1. The van der Waals surface area contributed by atoms with Gasteiger partial charge >= 0.3 is 0 Å². The predicted molar refractivity (Wildman–Crippen MR) is 127 cm³/mol. The number of hydrogen-bond donors (Lipinski definition) is 1. The SMILES string of the molecule is COc1cc(/C(O)=C2\C(=O)C(=O)N(c3ccccc3C)C2c2ccccc2OC)ccc1Cl. The zero-order valence-electron chi connectivity index (χ0n) is 18.3. The van der Waals surface area contributed by atoms with Gasteiger partial charge in [0.05, 0.1) is 30.9 Å².